The topological polar surface area (TPSA) is 56.5 Å². The number of hydrogen-bond acceptors (Lipinski definition) is 6. The Kier molecular flexibility index (Phi) is 4.97. The van der Waals surface area contributed by atoms with Crippen molar-refractivity contribution >= 4 is 34.6 Å². The van der Waals surface area contributed by atoms with Gasteiger partial charge in [0.2, 0.25) is 0 Å². The molecule has 3 aromatic rings. The Hall–Kier alpha value is -1.86. The molecule has 3 aromatic heterocycles. The van der Waals surface area contributed by atoms with Crippen LogP contribution in [0.4, 0.5) is 0 Å². The Morgan fingerprint density at radius 3 is 3.13 bits per heavy atom. The van der Waals surface area contributed by atoms with Gasteiger partial charge in [0.1, 0.15) is 5.01 Å². The van der Waals surface area contributed by atoms with Gasteiger partial charge in [-0.15, -0.1) is 11.3 Å². The van der Waals surface area contributed by atoms with E-state index in [9.17, 15) is 4.79 Å². The molecule has 0 fully saturated rings. The summed E-state index contributed by atoms with van der Waals surface area (Å²) < 4.78 is 7.19. The first-order valence-corrected chi connectivity index (χ1v) is 9.16. The third kappa shape index (κ3) is 4.11. The van der Waals surface area contributed by atoms with Crippen LogP contribution in [-0.2, 0) is 21.7 Å². The Bertz CT molecular complexity index is 810. The molecule has 120 valence electrons. The fourth-order valence-electron chi connectivity index (χ4n) is 2.09. The molecule has 0 aliphatic rings. The van der Waals surface area contributed by atoms with Gasteiger partial charge < -0.3 is 4.74 Å². The number of fused-ring (bicyclic) bond motifs is 1. The molecule has 5 nitrogen and oxygen atoms in total. The number of imidazole rings is 1. The summed E-state index contributed by atoms with van der Waals surface area (Å²) in [4.78, 5) is 20.6. The Labute approximate surface area is 142 Å². The van der Waals surface area contributed by atoms with Crippen LogP contribution in [0.15, 0.2) is 41.1 Å². The summed E-state index contributed by atoms with van der Waals surface area (Å²) in [6.07, 6.45) is 4.00. The second-order valence-electron chi connectivity index (χ2n) is 5.27. The number of nitrogens with zero attached hydrogens (tertiary/aromatic N) is 3. The monoisotopic (exact) mass is 347 g/mol. The maximum atomic E-state index is 11.6. The van der Waals surface area contributed by atoms with Crippen LogP contribution in [0, 0.1) is 0 Å². The fourth-order valence-corrected chi connectivity index (χ4v) is 3.83. The molecule has 0 spiro atoms. The number of ether oxygens (including phenoxy) is 1. The van der Waals surface area contributed by atoms with E-state index in [0.29, 0.717) is 0 Å². The number of thiazole rings is 1. The van der Waals surface area contributed by atoms with Gasteiger partial charge in [-0.25, -0.2) is 9.97 Å². The smallest absolute Gasteiger partial charge is 0.312 e. The quantitative estimate of drug-likeness (QED) is 0.504. The summed E-state index contributed by atoms with van der Waals surface area (Å²) in [5, 5.41) is 3.72. The molecule has 0 saturated heterocycles. The highest BCUT2D eigenvalue weighted by Crippen LogP contribution is 2.23. The van der Waals surface area contributed by atoms with E-state index < -0.39 is 0 Å². The first-order valence-electron chi connectivity index (χ1n) is 7.29. The van der Waals surface area contributed by atoms with Crippen molar-refractivity contribution in [3.05, 3.63) is 46.7 Å². The van der Waals surface area contributed by atoms with E-state index in [1.54, 1.807) is 11.8 Å². The summed E-state index contributed by atoms with van der Waals surface area (Å²) in [6.45, 7) is 3.69. The van der Waals surface area contributed by atoms with E-state index in [-0.39, 0.29) is 18.5 Å². The van der Waals surface area contributed by atoms with Crippen molar-refractivity contribution in [3.8, 4) is 0 Å². The van der Waals surface area contributed by atoms with Gasteiger partial charge in [-0.2, -0.15) is 0 Å². The molecule has 0 radical (unpaired) electrons. The summed E-state index contributed by atoms with van der Waals surface area (Å²) in [6, 6.07) is 6.01. The van der Waals surface area contributed by atoms with Gasteiger partial charge in [0, 0.05) is 17.3 Å². The van der Waals surface area contributed by atoms with Gasteiger partial charge in [-0.3, -0.25) is 9.20 Å². The Morgan fingerprint density at radius 1 is 1.43 bits per heavy atom. The van der Waals surface area contributed by atoms with Crippen LogP contribution >= 0.6 is 23.1 Å². The zero-order chi connectivity index (χ0) is 16.2. The lowest BCUT2D eigenvalue weighted by Crippen LogP contribution is -2.13. The maximum absolute atomic E-state index is 11.6. The Balaban J connectivity index is 1.60. The standard InChI is InChI=1S/C16H17N3O2S2/c1-11(2)21-15(20)7-14-18-12(9-22-14)10-23-16-17-8-13-5-3-4-6-19(13)16/h3-6,8-9,11H,7,10H2,1-2H3. The van der Waals surface area contributed by atoms with E-state index in [2.05, 4.69) is 14.4 Å². The number of thioether (sulfide) groups is 1. The molecule has 0 amide bonds. The third-order valence-corrected chi connectivity index (χ3v) is 4.91. The minimum Gasteiger partial charge on any atom is -0.463 e. The highest BCUT2D eigenvalue weighted by molar-refractivity contribution is 7.98. The lowest BCUT2D eigenvalue weighted by molar-refractivity contribution is -0.146. The normalized spacial score (nSPS) is 11.3. The number of aromatic nitrogens is 3. The first kappa shape index (κ1) is 16.0. The molecule has 0 atom stereocenters. The molecule has 0 aliphatic heterocycles. The van der Waals surface area contributed by atoms with Crippen LogP contribution < -0.4 is 0 Å². The van der Waals surface area contributed by atoms with Crippen LogP contribution in [0.5, 0.6) is 0 Å². The molecule has 3 rings (SSSR count). The number of rotatable bonds is 6. The Morgan fingerprint density at radius 2 is 2.30 bits per heavy atom. The van der Waals surface area contributed by atoms with Crippen LogP contribution in [-0.4, -0.2) is 26.4 Å². The summed E-state index contributed by atoms with van der Waals surface area (Å²) in [5.74, 6) is 0.497. The average Bonchev–Trinajstić information content (AvgIpc) is 3.11. The molecular weight excluding hydrogens is 330 g/mol. The molecule has 0 N–H and O–H groups in total. The van der Waals surface area contributed by atoms with Crippen molar-refractivity contribution in [2.24, 2.45) is 0 Å². The molecule has 7 heteroatoms. The van der Waals surface area contributed by atoms with Gasteiger partial charge >= 0.3 is 5.97 Å². The SMILES string of the molecule is CC(C)OC(=O)Cc1nc(CSc2ncc3ccccn23)cs1. The first-order chi connectivity index (χ1) is 11.1. The molecule has 3 heterocycles. The van der Waals surface area contributed by atoms with Crippen LogP contribution in [0.1, 0.15) is 24.5 Å². The minimum atomic E-state index is -0.229. The molecule has 0 bridgehead atoms. The lowest BCUT2D eigenvalue weighted by atomic mass is 10.4. The van der Waals surface area contributed by atoms with Crippen LogP contribution in [0.25, 0.3) is 5.52 Å². The van der Waals surface area contributed by atoms with E-state index in [1.807, 2.05) is 49.8 Å². The second-order valence-corrected chi connectivity index (χ2v) is 7.16. The van der Waals surface area contributed by atoms with E-state index in [0.717, 1.165) is 27.1 Å². The highest BCUT2D eigenvalue weighted by atomic mass is 32.2. The predicted octanol–water partition coefficient (Wildman–Crippen LogP) is 3.58. The van der Waals surface area contributed by atoms with Crippen molar-refractivity contribution < 1.29 is 9.53 Å². The number of hydrogen-bond donors (Lipinski definition) is 0. The lowest BCUT2D eigenvalue weighted by Gasteiger charge is -2.05. The van der Waals surface area contributed by atoms with Crippen molar-refractivity contribution in [1.82, 2.24) is 14.4 Å². The second kappa shape index (κ2) is 7.14. The molecule has 0 saturated carbocycles. The van der Waals surface area contributed by atoms with Crippen LogP contribution in [0.2, 0.25) is 0 Å². The van der Waals surface area contributed by atoms with E-state index >= 15 is 0 Å². The van der Waals surface area contributed by atoms with Gasteiger partial charge in [-0.05, 0) is 26.0 Å². The summed E-state index contributed by atoms with van der Waals surface area (Å²) >= 11 is 3.13. The van der Waals surface area contributed by atoms with Gasteiger partial charge in [0.15, 0.2) is 5.16 Å². The van der Waals surface area contributed by atoms with E-state index in [4.69, 9.17) is 4.74 Å². The number of esters is 1. The van der Waals surface area contributed by atoms with Crippen molar-refractivity contribution in [3.63, 3.8) is 0 Å². The number of carbonyl (C=O) groups is 1. The molecule has 0 aromatic carbocycles. The number of carbonyl (C=O) groups excluding carboxylic acids is 1. The maximum Gasteiger partial charge on any atom is 0.312 e. The van der Waals surface area contributed by atoms with Gasteiger partial charge in [0.25, 0.3) is 0 Å². The van der Waals surface area contributed by atoms with E-state index in [1.165, 1.54) is 11.3 Å². The average molecular weight is 347 g/mol. The zero-order valence-electron chi connectivity index (χ0n) is 12.9. The molecular formula is C16H17N3O2S2. The zero-order valence-corrected chi connectivity index (χ0v) is 14.6. The van der Waals surface area contributed by atoms with Crippen molar-refractivity contribution in [2.75, 3.05) is 0 Å². The predicted molar refractivity (Wildman–Crippen MR) is 91.8 cm³/mol. The fraction of sp³-hybridized carbons (Fsp3) is 0.312. The minimum absolute atomic E-state index is 0.0915. The van der Waals surface area contributed by atoms with Gasteiger partial charge in [0.05, 0.1) is 29.9 Å². The third-order valence-electron chi connectivity index (χ3n) is 3.02. The summed E-state index contributed by atoms with van der Waals surface area (Å²) in [5.41, 5.74) is 2.03. The largest absolute Gasteiger partial charge is 0.463 e. The highest BCUT2D eigenvalue weighted by Gasteiger charge is 2.11. The molecule has 0 aliphatic carbocycles. The van der Waals surface area contributed by atoms with Crippen molar-refractivity contribution in [1.29, 1.82) is 0 Å². The molecule has 23 heavy (non-hydrogen) atoms. The molecule has 0 unspecified atom stereocenters. The van der Waals surface area contributed by atoms with Gasteiger partial charge in [-0.1, -0.05) is 17.8 Å². The number of pyridine rings is 1. The summed E-state index contributed by atoms with van der Waals surface area (Å²) in [7, 11) is 0. The van der Waals surface area contributed by atoms with Crippen LogP contribution in [0.3, 0.4) is 0 Å². The van der Waals surface area contributed by atoms with Crippen molar-refractivity contribution in [2.45, 2.75) is 37.3 Å².